The number of halogens is 1. The Kier molecular flexibility index (Phi) is 10.7. The highest BCUT2D eigenvalue weighted by atomic mass is 35.5. The van der Waals surface area contributed by atoms with E-state index in [1.165, 1.54) is 5.56 Å². The van der Waals surface area contributed by atoms with Gasteiger partial charge in [0.2, 0.25) is 0 Å². The largest absolute Gasteiger partial charge is 0.506 e. The van der Waals surface area contributed by atoms with Crippen molar-refractivity contribution in [3.8, 4) is 5.75 Å². The number of H-pyrrole nitrogens is 1. The molecule has 0 bridgehead atoms. The quantitative estimate of drug-likeness (QED) is 0.311. The van der Waals surface area contributed by atoms with Gasteiger partial charge in [0, 0.05) is 0 Å². The molecule has 3 rings (SSSR count). The predicted octanol–water partition coefficient (Wildman–Crippen LogP) is 2.91. The Hall–Kier alpha value is -1.91. The van der Waals surface area contributed by atoms with E-state index in [0.717, 1.165) is 28.0 Å². The molecule has 0 saturated carbocycles. The summed E-state index contributed by atoms with van der Waals surface area (Å²) in [5.41, 5.74) is 2.63. The van der Waals surface area contributed by atoms with Gasteiger partial charge in [0.15, 0.2) is 9.84 Å². The van der Waals surface area contributed by atoms with Crippen LogP contribution >= 0.6 is 23.7 Å². The van der Waals surface area contributed by atoms with Gasteiger partial charge in [-0.25, -0.2) is 8.42 Å². The van der Waals surface area contributed by atoms with Crippen LogP contribution in [0.4, 0.5) is 0 Å². The molecule has 0 saturated heterocycles. The van der Waals surface area contributed by atoms with E-state index in [1.54, 1.807) is 6.07 Å². The van der Waals surface area contributed by atoms with E-state index in [1.807, 2.05) is 36.4 Å². The second kappa shape index (κ2) is 13.0. The molecular weight excluding hydrogens is 472 g/mol. The molecule has 0 radical (unpaired) electrons. The van der Waals surface area contributed by atoms with Crippen LogP contribution in [0.2, 0.25) is 0 Å². The Balaban J connectivity index is 0.00000363. The standard InChI is InChI=1S/C22H28N2O5S2.ClH/c25-19-8-7-18(21-20(19)24-22(26)30-21)9-12-23-11-4-15-31(27,28)16-14-29-13-10-17-5-2-1-3-6-17;/h1-3,5-8,23,25H,4,9-16H2,(H,24,26);1H. The molecule has 0 aliphatic rings. The van der Waals surface area contributed by atoms with Crippen LogP contribution in [-0.2, 0) is 27.4 Å². The molecule has 1 heterocycles. The molecule has 1 aromatic heterocycles. The maximum atomic E-state index is 12.1. The topological polar surface area (TPSA) is 108 Å². The molecule has 0 amide bonds. The Morgan fingerprint density at radius 3 is 2.56 bits per heavy atom. The Morgan fingerprint density at radius 1 is 1.00 bits per heavy atom. The van der Waals surface area contributed by atoms with Gasteiger partial charge >= 0.3 is 4.87 Å². The summed E-state index contributed by atoms with van der Waals surface area (Å²) in [4.78, 5) is 14.0. The number of aromatic amines is 1. The van der Waals surface area contributed by atoms with E-state index in [4.69, 9.17) is 4.74 Å². The number of phenols is 1. The van der Waals surface area contributed by atoms with Gasteiger partial charge in [-0.1, -0.05) is 47.7 Å². The van der Waals surface area contributed by atoms with Gasteiger partial charge in [-0.2, -0.15) is 0 Å². The summed E-state index contributed by atoms with van der Waals surface area (Å²) in [5, 5.41) is 13.1. The monoisotopic (exact) mass is 500 g/mol. The van der Waals surface area contributed by atoms with Crippen LogP contribution in [0.15, 0.2) is 47.3 Å². The van der Waals surface area contributed by atoms with Crippen molar-refractivity contribution in [3.63, 3.8) is 0 Å². The summed E-state index contributed by atoms with van der Waals surface area (Å²) < 4.78 is 30.5. The molecule has 0 fully saturated rings. The maximum absolute atomic E-state index is 12.1. The van der Waals surface area contributed by atoms with Crippen LogP contribution in [-0.4, -0.2) is 56.3 Å². The van der Waals surface area contributed by atoms with E-state index in [2.05, 4.69) is 10.3 Å². The molecule has 0 atom stereocenters. The van der Waals surface area contributed by atoms with Crippen LogP contribution < -0.4 is 10.2 Å². The SMILES string of the molecule is Cl.O=c1[nH]c2c(O)ccc(CCNCCCS(=O)(=O)CCOCCc3ccccc3)c2s1. The second-order valence-corrected chi connectivity index (χ2v) is 10.6. The van der Waals surface area contributed by atoms with Gasteiger partial charge < -0.3 is 20.1 Å². The Bertz CT molecular complexity index is 1130. The molecule has 0 aliphatic heterocycles. The fourth-order valence-corrected chi connectivity index (χ4v) is 5.32. The summed E-state index contributed by atoms with van der Waals surface area (Å²) in [6.07, 6.45) is 2.00. The molecule has 0 spiro atoms. The molecule has 32 heavy (non-hydrogen) atoms. The molecule has 3 aromatic rings. The van der Waals surface area contributed by atoms with Gasteiger partial charge in [-0.15, -0.1) is 12.4 Å². The van der Waals surface area contributed by atoms with E-state index < -0.39 is 9.84 Å². The van der Waals surface area contributed by atoms with Crippen LogP contribution in [0, 0.1) is 0 Å². The zero-order valence-corrected chi connectivity index (χ0v) is 20.2. The highest BCUT2D eigenvalue weighted by molar-refractivity contribution is 7.91. The van der Waals surface area contributed by atoms with Crippen molar-refractivity contribution in [3.05, 3.63) is 63.3 Å². The van der Waals surface area contributed by atoms with Crippen molar-refractivity contribution in [2.75, 3.05) is 37.8 Å². The Labute approximate surface area is 198 Å². The van der Waals surface area contributed by atoms with Crippen LogP contribution in [0.3, 0.4) is 0 Å². The van der Waals surface area contributed by atoms with Crippen molar-refractivity contribution in [2.45, 2.75) is 19.3 Å². The molecule has 0 aliphatic carbocycles. The molecule has 7 nitrogen and oxygen atoms in total. The number of hydrogen-bond acceptors (Lipinski definition) is 7. The van der Waals surface area contributed by atoms with Crippen molar-refractivity contribution < 1.29 is 18.3 Å². The van der Waals surface area contributed by atoms with Gasteiger partial charge in [-0.3, -0.25) is 4.79 Å². The number of benzene rings is 2. The number of phenolic OH excluding ortho intramolecular Hbond substituents is 1. The van der Waals surface area contributed by atoms with Gasteiger partial charge in [0.25, 0.3) is 0 Å². The second-order valence-electron chi connectivity index (χ2n) is 7.32. The minimum Gasteiger partial charge on any atom is -0.506 e. The number of thiazole rings is 1. The third kappa shape index (κ3) is 8.22. The summed E-state index contributed by atoms with van der Waals surface area (Å²) in [7, 11) is -3.13. The van der Waals surface area contributed by atoms with E-state index >= 15 is 0 Å². The number of nitrogens with one attached hydrogen (secondary N) is 2. The lowest BCUT2D eigenvalue weighted by molar-refractivity contribution is 0.152. The summed E-state index contributed by atoms with van der Waals surface area (Å²) in [6.45, 7) is 1.99. The van der Waals surface area contributed by atoms with E-state index in [-0.39, 0.29) is 41.1 Å². The zero-order valence-electron chi connectivity index (χ0n) is 17.7. The minimum atomic E-state index is -3.13. The highest BCUT2D eigenvalue weighted by Gasteiger charge is 2.11. The van der Waals surface area contributed by atoms with Gasteiger partial charge in [0.1, 0.15) is 11.3 Å². The number of hydrogen-bond donors (Lipinski definition) is 3. The average Bonchev–Trinajstić information content (AvgIpc) is 3.15. The van der Waals surface area contributed by atoms with Crippen molar-refractivity contribution in [1.29, 1.82) is 0 Å². The lowest BCUT2D eigenvalue weighted by atomic mass is 10.1. The first kappa shape index (κ1) is 26.3. The minimum absolute atomic E-state index is 0. The number of sulfone groups is 1. The lowest BCUT2D eigenvalue weighted by Gasteiger charge is -2.08. The molecule has 10 heteroatoms. The first-order chi connectivity index (χ1) is 14.9. The molecular formula is C22H29ClN2O5S2. The summed E-state index contributed by atoms with van der Waals surface area (Å²) in [6, 6.07) is 13.4. The zero-order chi connectivity index (χ0) is 22.1. The molecule has 2 aromatic carbocycles. The van der Waals surface area contributed by atoms with Crippen LogP contribution in [0.1, 0.15) is 17.5 Å². The lowest BCUT2D eigenvalue weighted by Crippen LogP contribution is -2.23. The first-order valence-electron chi connectivity index (χ1n) is 10.3. The summed E-state index contributed by atoms with van der Waals surface area (Å²) >= 11 is 1.08. The van der Waals surface area contributed by atoms with E-state index in [9.17, 15) is 18.3 Å². The fraction of sp³-hybridized carbons (Fsp3) is 0.409. The van der Waals surface area contributed by atoms with Gasteiger partial charge in [0.05, 0.1) is 29.4 Å². The number of ether oxygens (including phenoxy) is 1. The summed E-state index contributed by atoms with van der Waals surface area (Å²) in [5.74, 6) is 0.240. The fourth-order valence-electron chi connectivity index (χ4n) is 3.26. The van der Waals surface area contributed by atoms with Crippen molar-refractivity contribution in [2.24, 2.45) is 0 Å². The third-order valence-electron chi connectivity index (χ3n) is 4.94. The number of fused-ring (bicyclic) bond motifs is 1. The number of aromatic nitrogens is 1. The third-order valence-corrected chi connectivity index (χ3v) is 7.59. The number of aromatic hydroxyl groups is 1. The normalized spacial score (nSPS) is 11.5. The van der Waals surface area contributed by atoms with Gasteiger partial charge in [-0.05, 0) is 49.5 Å². The first-order valence-corrected chi connectivity index (χ1v) is 12.9. The predicted molar refractivity (Wildman–Crippen MR) is 132 cm³/mol. The van der Waals surface area contributed by atoms with Crippen molar-refractivity contribution in [1.82, 2.24) is 10.3 Å². The molecule has 3 N–H and O–H groups in total. The van der Waals surface area contributed by atoms with Crippen LogP contribution in [0.25, 0.3) is 10.2 Å². The smallest absolute Gasteiger partial charge is 0.305 e. The van der Waals surface area contributed by atoms with Crippen molar-refractivity contribution >= 4 is 43.8 Å². The average molecular weight is 501 g/mol. The molecule has 0 unspecified atom stereocenters. The molecule has 176 valence electrons. The number of rotatable bonds is 13. The highest BCUT2D eigenvalue weighted by Crippen LogP contribution is 2.27. The van der Waals surface area contributed by atoms with E-state index in [0.29, 0.717) is 38.1 Å². The Morgan fingerprint density at radius 2 is 1.78 bits per heavy atom. The maximum Gasteiger partial charge on any atom is 0.305 e. The van der Waals surface area contributed by atoms with Crippen LogP contribution in [0.5, 0.6) is 5.75 Å².